The first-order valence-corrected chi connectivity index (χ1v) is 5.45. The van der Waals surface area contributed by atoms with Gasteiger partial charge < -0.3 is 5.32 Å². The average Bonchev–Trinajstić information content (AvgIpc) is 2.19. The van der Waals surface area contributed by atoms with Gasteiger partial charge in [-0.3, -0.25) is 0 Å². The van der Waals surface area contributed by atoms with Crippen molar-refractivity contribution in [3.05, 3.63) is 0 Å². The summed E-state index contributed by atoms with van der Waals surface area (Å²) in [6.45, 7) is 1.93. The summed E-state index contributed by atoms with van der Waals surface area (Å²) in [6.07, 6.45) is 7.95. The van der Waals surface area contributed by atoms with E-state index in [1.165, 1.54) is 32.1 Å². The zero-order valence-electron chi connectivity index (χ0n) is 8.90. The van der Waals surface area contributed by atoms with Crippen molar-refractivity contribution in [2.45, 2.75) is 51.5 Å². The largest absolute Gasteiger partial charge is 0.317 e. The molecule has 0 amide bonds. The summed E-state index contributed by atoms with van der Waals surface area (Å²) < 4.78 is 0. The van der Waals surface area contributed by atoms with E-state index in [1.807, 2.05) is 6.92 Å². The second-order valence-corrected chi connectivity index (χ2v) is 3.91. The van der Waals surface area contributed by atoms with Gasteiger partial charge in [-0.05, 0) is 39.2 Å². The normalized spacial score (nSPS) is 27.8. The van der Waals surface area contributed by atoms with Crippen LogP contribution in [0.2, 0.25) is 0 Å². The minimum atomic E-state index is 0.757. The maximum atomic E-state index is 3.43. The Morgan fingerprint density at radius 2 is 2.08 bits per heavy atom. The van der Waals surface area contributed by atoms with E-state index in [2.05, 4.69) is 24.2 Å². The van der Waals surface area contributed by atoms with Crippen molar-refractivity contribution in [1.82, 2.24) is 5.32 Å². The molecule has 0 spiro atoms. The molecule has 0 heterocycles. The van der Waals surface area contributed by atoms with Gasteiger partial charge in [0.15, 0.2) is 0 Å². The van der Waals surface area contributed by atoms with Crippen LogP contribution in [0, 0.1) is 17.8 Å². The average molecular weight is 179 g/mol. The van der Waals surface area contributed by atoms with Gasteiger partial charge >= 0.3 is 0 Å². The molecule has 2 atom stereocenters. The zero-order chi connectivity index (χ0) is 9.52. The molecule has 1 N–H and O–H groups in total. The Bertz CT molecular complexity index is 187. The van der Waals surface area contributed by atoms with E-state index < -0.39 is 0 Å². The predicted molar refractivity (Wildman–Crippen MR) is 57.5 cm³/mol. The van der Waals surface area contributed by atoms with Crippen molar-refractivity contribution in [2.75, 3.05) is 7.05 Å². The van der Waals surface area contributed by atoms with Gasteiger partial charge in [0.05, 0.1) is 0 Å². The first kappa shape index (κ1) is 10.6. The molecular formula is C12H21N. The lowest BCUT2D eigenvalue weighted by Gasteiger charge is -2.30. The van der Waals surface area contributed by atoms with Crippen LogP contribution in [0.3, 0.4) is 0 Å². The fourth-order valence-corrected chi connectivity index (χ4v) is 2.32. The van der Waals surface area contributed by atoms with Gasteiger partial charge in [-0.1, -0.05) is 12.8 Å². The lowest BCUT2D eigenvalue weighted by molar-refractivity contribution is 0.262. The van der Waals surface area contributed by atoms with Gasteiger partial charge in [-0.2, -0.15) is 0 Å². The smallest absolute Gasteiger partial charge is 0.00926 e. The highest BCUT2D eigenvalue weighted by Crippen LogP contribution is 2.27. The van der Waals surface area contributed by atoms with Crippen molar-refractivity contribution in [3.8, 4) is 11.8 Å². The number of hydrogen-bond donors (Lipinski definition) is 1. The van der Waals surface area contributed by atoms with Gasteiger partial charge in [0.25, 0.3) is 0 Å². The van der Waals surface area contributed by atoms with Crippen molar-refractivity contribution < 1.29 is 0 Å². The highest BCUT2D eigenvalue weighted by Gasteiger charge is 2.22. The van der Waals surface area contributed by atoms with Crippen LogP contribution in [-0.2, 0) is 0 Å². The van der Waals surface area contributed by atoms with Crippen LogP contribution >= 0.6 is 0 Å². The highest BCUT2D eigenvalue weighted by molar-refractivity contribution is 4.96. The monoisotopic (exact) mass is 179 g/mol. The van der Waals surface area contributed by atoms with Crippen LogP contribution in [-0.4, -0.2) is 13.1 Å². The highest BCUT2D eigenvalue weighted by atomic mass is 14.9. The van der Waals surface area contributed by atoms with Gasteiger partial charge in [-0.15, -0.1) is 11.8 Å². The van der Waals surface area contributed by atoms with Crippen LogP contribution in [0.15, 0.2) is 0 Å². The second-order valence-electron chi connectivity index (χ2n) is 3.91. The van der Waals surface area contributed by atoms with Gasteiger partial charge in [0.2, 0.25) is 0 Å². The van der Waals surface area contributed by atoms with Crippen LogP contribution in [0.25, 0.3) is 0 Å². The number of hydrogen-bond acceptors (Lipinski definition) is 1. The molecule has 0 aliphatic heterocycles. The van der Waals surface area contributed by atoms with Crippen LogP contribution in [0.4, 0.5) is 0 Å². The molecule has 2 unspecified atom stereocenters. The fourth-order valence-electron chi connectivity index (χ4n) is 2.32. The molecule has 1 heteroatoms. The zero-order valence-corrected chi connectivity index (χ0v) is 8.90. The Morgan fingerprint density at radius 3 is 2.77 bits per heavy atom. The van der Waals surface area contributed by atoms with E-state index in [1.54, 1.807) is 0 Å². The summed E-state index contributed by atoms with van der Waals surface area (Å²) in [5.41, 5.74) is 0. The molecule has 0 radical (unpaired) electrons. The molecule has 0 aromatic rings. The Balaban J connectivity index is 2.30. The van der Waals surface area contributed by atoms with Gasteiger partial charge in [0.1, 0.15) is 0 Å². The predicted octanol–water partition coefficient (Wildman–Crippen LogP) is 2.57. The summed E-state index contributed by atoms with van der Waals surface area (Å²) in [5, 5.41) is 3.43. The molecule has 1 saturated carbocycles. The maximum absolute atomic E-state index is 3.43. The van der Waals surface area contributed by atoms with Crippen LogP contribution in [0.5, 0.6) is 0 Å². The lowest BCUT2D eigenvalue weighted by atomic mass is 9.82. The minimum Gasteiger partial charge on any atom is -0.317 e. The van der Waals surface area contributed by atoms with Gasteiger partial charge in [0, 0.05) is 12.5 Å². The van der Waals surface area contributed by atoms with Crippen molar-refractivity contribution in [2.24, 2.45) is 5.92 Å². The Labute approximate surface area is 82.3 Å². The van der Waals surface area contributed by atoms with E-state index in [-0.39, 0.29) is 0 Å². The summed E-state index contributed by atoms with van der Waals surface area (Å²) in [5.74, 6) is 7.01. The molecule has 0 bridgehead atoms. The third kappa shape index (κ3) is 3.40. The summed E-state index contributed by atoms with van der Waals surface area (Å²) >= 11 is 0. The number of rotatable bonds is 3. The molecule has 1 aliphatic rings. The molecule has 1 nitrogen and oxygen atoms in total. The first-order chi connectivity index (χ1) is 6.38. The summed E-state index contributed by atoms with van der Waals surface area (Å²) in [6, 6.07) is 0.757. The Hall–Kier alpha value is -0.480. The quantitative estimate of drug-likeness (QED) is 0.657. The Kier molecular flexibility index (Phi) is 4.93. The van der Waals surface area contributed by atoms with Gasteiger partial charge in [-0.25, -0.2) is 0 Å². The lowest BCUT2D eigenvalue weighted by Crippen LogP contribution is -2.35. The molecule has 74 valence electrons. The molecule has 1 fully saturated rings. The summed E-state index contributed by atoms with van der Waals surface area (Å²) in [4.78, 5) is 0. The van der Waals surface area contributed by atoms with E-state index >= 15 is 0 Å². The fraction of sp³-hybridized carbons (Fsp3) is 0.833. The molecule has 0 saturated heterocycles. The third-order valence-corrected chi connectivity index (χ3v) is 3.10. The molecule has 13 heavy (non-hydrogen) atoms. The molecule has 1 rings (SSSR count). The van der Waals surface area contributed by atoms with E-state index in [4.69, 9.17) is 0 Å². The van der Waals surface area contributed by atoms with E-state index in [9.17, 15) is 0 Å². The molecular weight excluding hydrogens is 158 g/mol. The molecule has 1 aliphatic carbocycles. The number of nitrogens with one attached hydrogen (secondary N) is 1. The van der Waals surface area contributed by atoms with Crippen molar-refractivity contribution in [3.63, 3.8) is 0 Å². The Morgan fingerprint density at radius 1 is 1.31 bits per heavy atom. The first-order valence-electron chi connectivity index (χ1n) is 5.45. The standard InChI is InChI=1S/C12H21N/c1-3-4-5-8-11-9-6-7-10-12(11)13-2/h11-13H,5-10H2,1-2H3. The van der Waals surface area contributed by atoms with E-state index in [0.717, 1.165) is 18.4 Å². The SMILES string of the molecule is CC#CCCC1CCCCC1NC. The van der Waals surface area contributed by atoms with Crippen molar-refractivity contribution >= 4 is 0 Å². The molecule has 0 aromatic heterocycles. The maximum Gasteiger partial charge on any atom is 0.00926 e. The topological polar surface area (TPSA) is 12.0 Å². The summed E-state index contributed by atoms with van der Waals surface area (Å²) in [7, 11) is 2.09. The third-order valence-electron chi connectivity index (χ3n) is 3.10. The molecule has 0 aromatic carbocycles. The van der Waals surface area contributed by atoms with Crippen LogP contribution < -0.4 is 5.32 Å². The van der Waals surface area contributed by atoms with E-state index in [0.29, 0.717) is 0 Å². The van der Waals surface area contributed by atoms with Crippen molar-refractivity contribution in [1.29, 1.82) is 0 Å². The second kappa shape index (κ2) is 6.05. The van der Waals surface area contributed by atoms with Crippen LogP contribution in [0.1, 0.15) is 45.4 Å². The minimum absolute atomic E-state index is 0.757.